The maximum absolute atomic E-state index is 13.4. The minimum atomic E-state index is -5.01. The normalized spacial score (nSPS) is 12.5. The summed E-state index contributed by atoms with van der Waals surface area (Å²) in [6, 6.07) is 12.8. The highest BCUT2D eigenvalue weighted by atomic mass is 19.4. The number of benzene rings is 3. The molecule has 0 bridgehead atoms. The number of nitrogens with one attached hydrogen (secondary N) is 1. The van der Waals surface area contributed by atoms with Crippen molar-refractivity contribution in [1.82, 2.24) is 9.97 Å². The summed E-state index contributed by atoms with van der Waals surface area (Å²) in [4.78, 5) is 6.42. The van der Waals surface area contributed by atoms with Gasteiger partial charge in [0.15, 0.2) is 0 Å². The van der Waals surface area contributed by atoms with Gasteiger partial charge in [-0.25, -0.2) is 9.37 Å². The van der Waals surface area contributed by atoms with Gasteiger partial charge in [-0.3, -0.25) is 0 Å². The number of aromatic nitrogens is 2. The molecule has 1 heterocycles. The molecule has 0 amide bonds. The van der Waals surface area contributed by atoms with Gasteiger partial charge in [0, 0.05) is 5.56 Å². The summed E-state index contributed by atoms with van der Waals surface area (Å²) in [5.74, 6) is -0.436. The molecule has 0 spiro atoms. The van der Waals surface area contributed by atoms with Gasteiger partial charge < -0.3 is 4.98 Å². The SMILES string of the molecule is Fc1cccc(-c2ccc(-c3nc4c(C(F)(F)F)cc(C(F)(F)F)cc4[nH]3)cc2)c1. The first-order valence-electron chi connectivity index (χ1n) is 8.57. The Labute approximate surface area is 165 Å². The van der Waals surface area contributed by atoms with Crippen LogP contribution in [0.25, 0.3) is 33.5 Å². The largest absolute Gasteiger partial charge is 0.418 e. The molecule has 154 valence electrons. The first-order chi connectivity index (χ1) is 14.0. The van der Waals surface area contributed by atoms with Crippen LogP contribution in [0.1, 0.15) is 11.1 Å². The van der Waals surface area contributed by atoms with Crippen molar-refractivity contribution in [1.29, 1.82) is 0 Å². The molecule has 0 saturated heterocycles. The lowest BCUT2D eigenvalue weighted by molar-refractivity contribution is -0.142. The molecule has 1 N–H and O–H groups in total. The topological polar surface area (TPSA) is 28.7 Å². The van der Waals surface area contributed by atoms with Crippen molar-refractivity contribution in [3.05, 3.63) is 77.6 Å². The molecule has 30 heavy (non-hydrogen) atoms. The third-order valence-corrected chi connectivity index (χ3v) is 4.54. The zero-order valence-electron chi connectivity index (χ0n) is 14.9. The second-order valence-electron chi connectivity index (χ2n) is 6.59. The number of alkyl halides is 6. The van der Waals surface area contributed by atoms with Crippen molar-refractivity contribution in [2.24, 2.45) is 0 Å². The van der Waals surface area contributed by atoms with E-state index in [4.69, 9.17) is 0 Å². The third kappa shape index (κ3) is 3.74. The highest BCUT2D eigenvalue weighted by Crippen LogP contribution is 2.40. The van der Waals surface area contributed by atoms with Crippen molar-refractivity contribution in [2.75, 3.05) is 0 Å². The minimum absolute atomic E-state index is 0.0133. The molecule has 4 rings (SSSR count). The molecular formula is C21H11F7N2. The fourth-order valence-electron chi connectivity index (χ4n) is 3.12. The van der Waals surface area contributed by atoms with E-state index in [2.05, 4.69) is 9.97 Å². The second kappa shape index (κ2) is 6.86. The summed E-state index contributed by atoms with van der Waals surface area (Å²) < 4.78 is 92.4. The second-order valence-corrected chi connectivity index (χ2v) is 6.59. The predicted molar refractivity (Wildman–Crippen MR) is 96.9 cm³/mol. The summed E-state index contributed by atoms with van der Waals surface area (Å²) >= 11 is 0. The molecule has 2 nitrogen and oxygen atoms in total. The van der Waals surface area contributed by atoms with Gasteiger partial charge in [-0.1, -0.05) is 36.4 Å². The Morgan fingerprint density at radius 2 is 1.37 bits per heavy atom. The van der Waals surface area contributed by atoms with E-state index in [1.54, 1.807) is 18.2 Å². The van der Waals surface area contributed by atoms with Crippen LogP contribution in [0.2, 0.25) is 0 Å². The van der Waals surface area contributed by atoms with Crippen molar-refractivity contribution >= 4 is 11.0 Å². The first kappa shape index (κ1) is 19.9. The Hall–Kier alpha value is -3.36. The number of aromatic amines is 1. The van der Waals surface area contributed by atoms with E-state index in [1.165, 1.54) is 30.3 Å². The van der Waals surface area contributed by atoms with Gasteiger partial charge in [0.25, 0.3) is 0 Å². The van der Waals surface area contributed by atoms with Crippen LogP contribution in [0, 0.1) is 5.82 Å². The number of nitrogens with zero attached hydrogens (tertiary/aromatic N) is 1. The van der Waals surface area contributed by atoms with E-state index in [0.29, 0.717) is 22.8 Å². The Morgan fingerprint density at radius 1 is 0.700 bits per heavy atom. The molecule has 0 aliphatic heterocycles. The number of imidazole rings is 1. The van der Waals surface area contributed by atoms with Gasteiger partial charge >= 0.3 is 12.4 Å². The smallest absolute Gasteiger partial charge is 0.338 e. The third-order valence-electron chi connectivity index (χ3n) is 4.54. The standard InChI is InChI=1S/C21H11F7N2/c22-15-3-1-2-13(8-15)11-4-6-12(7-5-11)19-29-17-10-14(20(23,24)25)9-16(18(17)30-19)21(26,27)28/h1-10H,(H,29,30). The van der Waals surface area contributed by atoms with E-state index in [-0.39, 0.29) is 17.4 Å². The molecule has 0 aliphatic carbocycles. The van der Waals surface area contributed by atoms with Crippen LogP contribution in [0.15, 0.2) is 60.7 Å². The van der Waals surface area contributed by atoms with E-state index in [0.717, 1.165) is 0 Å². The zero-order valence-corrected chi connectivity index (χ0v) is 14.9. The predicted octanol–water partition coefficient (Wildman–Crippen LogP) is 7.07. The molecule has 0 unspecified atom stereocenters. The van der Waals surface area contributed by atoms with E-state index < -0.39 is 34.8 Å². The lowest BCUT2D eigenvalue weighted by Gasteiger charge is -2.11. The molecule has 0 fully saturated rings. The summed E-state index contributed by atoms with van der Waals surface area (Å²) in [5.41, 5.74) is -2.23. The monoisotopic (exact) mass is 424 g/mol. The molecular weight excluding hydrogens is 413 g/mol. The van der Waals surface area contributed by atoms with E-state index in [1.807, 2.05) is 0 Å². The number of halogens is 7. The molecule has 3 aromatic carbocycles. The number of hydrogen-bond acceptors (Lipinski definition) is 1. The number of H-pyrrole nitrogens is 1. The zero-order chi connectivity index (χ0) is 21.7. The Morgan fingerprint density at radius 3 is 1.97 bits per heavy atom. The Kier molecular flexibility index (Phi) is 4.56. The quantitative estimate of drug-likeness (QED) is 0.343. The summed E-state index contributed by atoms with van der Waals surface area (Å²) in [5, 5.41) is 0. The van der Waals surface area contributed by atoms with Crippen molar-refractivity contribution < 1.29 is 30.7 Å². The van der Waals surface area contributed by atoms with Crippen molar-refractivity contribution in [2.45, 2.75) is 12.4 Å². The maximum atomic E-state index is 13.4. The van der Waals surface area contributed by atoms with Crippen LogP contribution in [-0.4, -0.2) is 9.97 Å². The average Bonchev–Trinajstić information content (AvgIpc) is 3.10. The van der Waals surface area contributed by atoms with E-state index >= 15 is 0 Å². The average molecular weight is 424 g/mol. The van der Waals surface area contributed by atoms with Crippen LogP contribution >= 0.6 is 0 Å². The maximum Gasteiger partial charge on any atom is 0.418 e. The highest BCUT2D eigenvalue weighted by Gasteiger charge is 2.39. The molecule has 0 atom stereocenters. The summed E-state index contributed by atoms with van der Waals surface area (Å²) in [6.45, 7) is 0. The number of hydrogen-bond donors (Lipinski definition) is 1. The molecule has 0 saturated carbocycles. The van der Waals surface area contributed by atoms with Gasteiger partial charge in [0.05, 0.1) is 16.6 Å². The van der Waals surface area contributed by atoms with Gasteiger partial charge in [-0.15, -0.1) is 0 Å². The van der Waals surface area contributed by atoms with Gasteiger partial charge in [-0.2, -0.15) is 26.3 Å². The van der Waals surface area contributed by atoms with Gasteiger partial charge in [-0.05, 0) is 35.4 Å². The molecule has 0 radical (unpaired) electrons. The number of fused-ring (bicyclic) bond motifs is 1. The Balaban J connectivity index is 1.80. The molecule has 1 aromatic heterocycles. The summed E-state index contributed by atoms with van der Waals surface area (Å²) in [7, 11) is 0. The van der Waals surface area contributed by atoms with Crippen LogP contribution in [0.3, 0.4) is 0 Å². The van der Waals surface area contributed by atoms with Crippen molar-refractivity contribution in [3.63, 3.8) is 0 Å². The van der Waals surface area contributed by atoms with Crippen LogP contribution < -0.4 is 0 Å². The minimum Gasteiger partial charge on any atom is -0.338 e. The lowest BCUT2D eigenvalue weighted by atomic mass is 10.0. The van der Waals surface area contributed by atoms with E-state index in [9.17, 15) is 30.7 Å². The molecule has 4 aromatic rings. The van der Waals surface area contributed by atoms with Crippen LogP contribution in [0.4, 0.5) is 30.7 Å². The fraction of sp³-hybridized carbons (Fsp3) is 0.0952. The fourth-order valence-corrected chi connectivity index (χ4v) is 3.12. The highest BCUT2D eigenvalue weighted by molar-refractivity contribution is 5.84. The molecule has 9 heteroatoms. The Bertz CT molecular complexity index is 1220. The summed E-state index contributed by atoms with van der Waals surface area (Å²) in [6.07, 6.45) is -9.95. The van der Waals surface area contributed by atoms with Crippen LogP contribution in [-0.2, 0) is 12.4 Å². The molecule has 0 aliphatic rings. The van der Waals surface area contributed by atoms with Gasteiger partial charge in [0.2, 0.25) is 0 Å². The van der Waals surface area contributed by atoms with Crippen LogP contribution in [0.5, 0.6) is 0 Å². The van der Waals surface area contributed by atoms with Gasteiger partial charge in [0.1, 0.15) is 17.2 Å². The first-order valence-corrected chi connectivity index (χ1v) is 8.57. The van der Waals surface area contributed by atoms with Crippen molar-refractivity contribution in [3.8, 4) is 22.5 Å². The number of rotatable bonds is 2. The lowest BCUT2D eigenvalue weighted by Crippen LogP contribution is -2.11.